The molecule has 0 aliphatic heterocycles. The normalized spacial score (nSPS) is 12.2. The maximum Gasteiger partial charge on any atom is 0.119 e. The van der Waals surface area contributed by atoms with Crippen LogP contribution in [-0.4, -0.2) is 11.7 Å². The summed E-state index contributed by atoms with van der Waals surface area (Å²) >= 11 is 3.55. The SMILES string of the molecule is CCCOc1ccc(C(O)c2cc(C)c(Br)c(C)c2)cc1. The van der Waals surface area contributed by atoms with Gasteiger partial charge in [-0.25, -0.2) is 0 Å². The molecule has 2 aromatic carbocycles. The molecule has 0 fully saturated rings. The standard InChI is InChI=1S/C18H21BrO2/c1-4-9-21-16-7-5-14(6-8-16)18(20)15-10-12(2)17(19)13(3)11-15/h5-8,10-11,18,20H,4,9H2,1-3H3. The molecule has 1 unspecified atom stereocenters. The fourth-order valence-electron chi connectivity index (χ4n) is 2.30. The van der Waals surface area contributed by atoms with Crippen LogP contribution in [-0.2, 0) is 0 Å². The molecule has 3 heteroatoms. The van der Waals surface area contributed by atoms with Crippen molar-refractivity contribution in [3.05, 3.63) is 63.1 Å². The second-order valence-corrected chi connectivity index (χ2v) is 6.08. The maximum absolute atomic E-state index is 10.5. The van der Waals surface area contributed by atoms with Gasteiger partial charge in [-0.2, -0.15) is 0 Å². The van der Waals surface area contributed by atoms with E-state index >= 15 is 0 Å². The first-order valence-electron chi connectivity index (χ1n) is 7.20. The summed E-state index contributed by atoms with van der Waals surface area (Å²) in [6.07, 6.45) is 0.373. The van der Waals surface area contributed by atoms with Crippen molar-refractivity contribution in [1.29, 1.82) is 0 Å². The molecule has 0 aliphatic rings. The minimum Gasteiger partial charge on any atom is -0.494 e. The molecule has 112 valence electrons. The van der Waals surface area contributed by atoms with Crippen LogP contribution in [0.25, 0.3) is 0 Å². The second-order valence-electron chi connectivity index (χ2n) is 5.29. The van der Waals surface area contributed by atoms with Crippen LogP contribution in [0.2, 0.25) is 0 Å². The average Bonchev–Trinajstić information content (AvgIpc) is 2.50. The first kappa shape index (κ1) is 16.1. The lowest BCUT2D eigenvalue weighted by molar-refractivity contribution is 0.220. The first-order valence-corrected chi connectivity index (χ1v) is 7.99. The zero-order valence-corrected chi connectivity index (χ0v) is 14.3. The van der Waals surface area contributed by atoms with Crippen LogP contribution in [0, 0.1) is 13.8 Å². The quantitative estimate of drug-likeness (QED) is 0.829. The molecular formula is C18H21BrO2. The van der Waals surface area contributed by atoms with E-state index in [2.05, 4.69) is 22.9 Å². The van der Waals surface area contributed by atoms with Crippen LogP contribution in [0.15, 0.2) is 40.9 Å². The molecule has 1 atom stereocenters. The Labute approximate surface area is 134 Å². The van der Waals surface area contributed by atoms with Crippen LogP contribution in [0.3, 0.4) is 0 Å². The van der Waals surface area contributed by atoms with E-state index in [0.29, 0.717) is 6.61 Å². The molecule has 0 amide bonds. The van der Waals surface area contributed by atoms with E-state index in [4.69, 9.17) is 4.74 Å². The van der Waals surface area contributed by atoms with E-state index in [1.54, 1.807) is 0 Å². The molecule has 0 heterocycles. The summed E-state index contributed by atoms with van der Waals surface area (Å²) < 4.78 is 6.66. The predicted molar refractivity (Wildman–Crippen MR) is 89.9 cm³/mol. The van der Waals surface area contributed by atoms with Crippen LogP contribution in [0.5, 0.6) is 5.75 Å². The lowest BCUT2D eigenvalue weighted by atomic mass is 9.98. The Morgan fingerprint density at radius 1 is 1.05 bits per heavy atom. The minimum absolute atomic E-state index is 0.615. The number of halogens is 1. The third kappa shape index (κ3) is 3.86. The minimum atomic E-state index is -0.615. The van der Waals surface area contributed by atoms with E-state index in [-0.39, 0.29) is 0 Å². The highest BCUT2D eigenvalue weighted by atomic mass is 79.9. The summed E-state index contributed by atoms with van der Waals surface area (Å²) in [4.78, 5) is 0. The van der Waals surface area contributed by atoms with Crippen LogP contribution >= 0.6 is 15.9 Å². The lowest BCUT2D eigenvalue weighted by Crippen LogP contribution is -2.02. The summed E-state index contributed by atoms with van der Waals surface area (Å²) in [5.74, 6) is 0.843. The molecule has 21 heavy (non-hydrogen) atoms. The molecule has 0 saturated heterocycles. The molecule has 0 aliphatic carbocycles. The van der Waals surface area contributed by atoms with E-state index in [9.17, 15) is 5.11 Å². The van der Waals surface area contributed by atoms with Gasteiger partial charge >= 0.3 is 0 Å². The summed E-state index contributed by atoms with van der Waals surface area (Å²) in [6, 6.07) is 11.7. The fraction of sp³-hybridized carbons (Fsp3) is 0.333. The van der Waals surface area contributed by atoms with Gasteiger partial charge in [0.25, 0.3) is 0 Å². The topological polar surface area (TPSA) is 29.5 Å². The Morgan fingerprint density at radius 3 is 2.14 bits per heavy atom. The summed E-state index contributed by atoms with van der Waals surface area (Å²) in [5, 5.41) is 10.5. The van der Waals surface area contributed by atoms with Crippen LogP contribution in [0.1, 0.15) is 41.7 Å². The molecule has 2 nitrogen and oxygen atoms in total. The van der Waals surface area contributed by atoms with Crippen molar-refractivity contribution in [2.75, 3.05) is 6.61 Å². The van der Waals surface area contributed by atoms with Crippen molar-refractivity contribution in [3.8, 4) is 5.75 Å². The zero-order chi connectivity index (χ0) is 15.4. The van der Waals surface area contributed by atoms with E-state index < -0.39 is 6.10 Å². The van der Waals surface area contributed by atoms with Crippen molar-refractivity contribution >= 4 is 15.9 Å². The Bertz CT molecular complexity index is 582. The first-order chi connectivity index (χ1) is 10.0. The maximum atomic E-state index is 10.5. The number of aryl methyl sites for hydroxylation is 2. The number of ether oxygens (including phenoxy) is 1. The monoisotopic (exact) mass is 348 g/mol. The third-order valence-electron chi connectivity index (χ3n) is 3.44. The molecule has 0 spiro atoms. The fourth-order valence-corrected chi connectivity index (χ4v) is 2.52. The molecule has 0 bridgehead atoms. The molecule has 0 radical (unpaired) electrons. The van der Waals surface area contributed by atoms with Gasteiger partial charge in [0.15, 0.2) is 0 Å². The van der Waals surface area contributed by atoms with Crippen LogP contribution < -0.4 is 4.74 Å². The molecule has 2 rings (SSSR count). The Morgan fingerprint density at radius 2 is 1.62 bits per heavy atom. The second kappa shape index (κ2) is 7.10. The summed E-state index contributed by atoms with van der Waals surface area (Å²) in [7, 11) is 0. The number of hydrogen-bond donors (Lipinski definition) is 1. The van der Waals surface area contributed by atoms with Gasteiger partial charge in [0.2, 0.25) is 0 Å². The summed E-state index contributed by atoms with van der Waals surface area (Å²) in [6.45, 7) is 6.87. The van der Waals surface area contributed by atoms with E-state index in [1.165, 1.54) is 0 Å². The van der Waals surface area contributed by atoms with Gasteiger partial charge in [-0.3, -0.25) is 0 Å². The number of benzene rings is 2. The van der Waals surface area contributed by atoms with Crippen molar-refractivity contribution in [1.82, 2.24) is 0 Å². The molecular weight excluding hydrogens is 328 g/mol. The highest BCUT2D eigenvalue weighted by Gasteiger charge is 2.13. The number of aliphatic hydroxyl groups is 1. The Balaban J connectivity index is 2.21. The molecule has 1 N–H and O–H groups in total. The van der Waals surface area contributed by atoms with E-state index in [1.807, 2.05) is 50.2 Å². The van der Waals surface area contributed by atoms with Gasteiger partial charge < -0.3 is 9.84 Å². The third-order valence-corrected chi connectivity index (χ3v) is 4.69. The smallest absolute Gasteiger partial charge is 0.119 e. The van der Waals surface area contributed by atoms with Crippen molar-refractivity contribution in [2.45, 2.75) is 33.3 Å². The highest BCUT2D eigenvalue weighted by molar-refractivity contribution is 9.10. The van der Waals surface area contributed by atoms with Gasteiger partial charge in [-0.15, -0.1) is 0 Å². The predicted octanol–water partition coefficient (Wildman–Crippen LogP) is 4.94. The van der Waals surface area contributed by atoms with Crippen molar-refractivity contribution in [3.63, 3.8) is 0 Å². The van der Waals surface area contributed by atoms with Gasteiger partial charge in [-0.1, -0.05) is 47.1 Å². The van der Waals surface area contributed by atoms with Crippen molar-refractivity contribution in [2.24, 2.45) is 0 Å². The Kier molecular flexibility index (Phi) is 5.43. The van der Waals surface area contributed by atoms with Crippen LogP contribution in [0.4, 0.5) is 0 Å². The average molecular weight is 349 g/mol. The number of aliphatic hydroxyl groups excluding tert-OH is 1. The van der Waals surface area contributed by atoms with Crippen molar-refractivity contribution < 1.29 is 9.84 Å². The zero-order valence-electron chi connectivity index (χ0n) is 12.7. The molecule has 0 aromatic heterocycles. The van der Waals surface area contributed by atoms with Gasteiger partial charge in [0, 0.05) is 4.47 Å². The molecule has 0 saturated carbocycles. The van der Waals surface area contributed by atoms with Gasteiger partial charge in [0.1, 0.15) is 11.9 Å². The lowest BCUT2D eigenvalue weighted by Gasteiger charge is -2.15. The molecule has 2 aromatic rings. The Hall–Kier alpha value is -1.32. The van der Waals surface area contributed by atoms with Gasteiger partial charge in [-0.05, 0) is 54.7 Å². The highest BCUT2D eigenvalue weighted by Crippen LogP contribution is 2.29. The number of hydrogen-bond acceptors (Lipinski definition) is 2. The summed E-state index contributed by atoms with van der Waals surface area (Å²) in [5.41, 5.74) is 4.05. The van der Waals surface area contributed by atoms with Gasteiger partial charge in [0.05, 0.1) is 6.61 Å². The number of rotatable bonds is 5. The van der Waals surface area contributed by atoms with E-state index in [0.717, 1.165) is 38.9 Å². The largest absolute Gasteiger partial charge is 0.494 e.